The number of hydrogen-bond donors (Lipinski definition) is 1. The molecule has 0 aliphatic carbocycles. The average molecular weight is 258 g/mol. The van der Waals surface area contributed by atoms with Crippen LogP contribution in [0.5, 0.6) is 0 Å². The maximum Gasteiger partial charge on any atom is 0.0417 e. The molecule has 0 fully saturated rings. The zero-order valence-electron chi connectivity index (χ0n) is 10.0. The highest BCUT2D eigenvalue weighted by molar-refractivity contribution is 7.99. The molecule has 0 amide bonds. The van der Waals surface area contributed by atoms with E-state index < -0.39 is 0 Å². The van der Waals surface area contributed by atoms with E-state index in [0.29, 0.717) is 0 Å². The van der Waals surface area contributed by atoms with Gasteiger partial charge in [0.05, 0.1) is 0 Å². The minimum atomic E-state index is 0.737. The standard InChI is InChI=1S/C13H20ClNS/c1-11(2)10-15-7-4-8-16-13-6-3-5-12(14)9-13/h3,5-6,9,11,15H,4,7-8,10H2,1-2H3. The molecule has 1 aromatic rings. The van der Waals surface area contributed by atoms with E-state index in [1.165, 1.54) is 11.3 Å². The molecule has 3 heteroatoms. The highest BCUT2D eigenvalue weighted by Crippen LogP contribution is 2.21. The van der Waals surface area contributed by atoms with E-state index in [-0.39, 0.29) is 0 Å². The van der Waals surface area contributed by atoms with Crippen molar-refractivity contribution in [2.45, 2.75) is 25.2 Å². The Hall–Kier alpha value is -0.180. The minimum absolute atomic E-state index is 0.737. The van der Waals surface area contributed by atoms with E-state index in [1.54, 1.807) is 0 Å². The summed E-state index contributed by atoms with van der Waals surface area (Å²) in [6, 6.07) is 8.04. The summed E-state index contributed by atoms with van der Waals surface area (Å²) in [7, 11) is 0. The summed E-state index contributed by atoms with van der Waals surface area (Å²) >= 11 is 7.79. The summed E-state index contributed by atoms with van der Waals surface area (Å²) in [6.07, 6.45) is 1.20. The second-order valence-corrected chi connectivity index (χ2v) is 5.86. The van der Waals surface area contributed by atoms with Crippen LogP contribution in [-0.2, 0) is 0 Å². The summed E-state index contributed by atoms with van der Waals surface area (Å²) < 4.78 is 0. The quantitative estimate of drug-likeness (QED) is 0.584. The smallest absolute Gasteiger partial charge is 0.0417 e. The van der Waals surface area contributed by atoms with E-state index in [9.17, 15) is 0 Å². The van der Waals surface area contributed by atoms with Crippen LogP contribution in [0.15, 0.2) is 29.2 Å². The van der Waals surface area contributed by atoms with Gasteiger partial charge in [0.1, 0.15) is 0 Å². The van der Waals surface area contributed by atoms with Gasteiger partial charge in [-0.15, -0.1) is 11.8 Å². The number of benzene rings is 1. The first-order valence-corrected chi connectivity index (χ1v) is 7.14. The predicted octanol–water partition coefficient (Wildman–Crippen LogP) is 4.07. The van der Waals surface area contributed by atoms with Gasteiger partial charge in [0.25, 0.3) is 0 Å². The zero-order chi connectivity index (χ0) is 11.8. The van der Waals surface area contributed by atoms with E-state index >= 15 is 0 Å². The molecule has 0 saturated carbocycles. The molecule has 1 nitrogen and oxygen atoms in total. The van der Waals surface area contributed by atoms with Crippen molar-refractivity contribution in [1.82, 2.24) is 5.32 Å². The predicted molar refractivity (Wildman–Crippen MR) is 74.5 cm³/mol. The number of nitrogens with one attached hydrogen (secondary N) is 1. The highest BCUT2D eigenvalue weighted by atomic mass is 35.5. The number of thioether (sulfide) groups is 1. The molecule has 0 aromatic heterocycles. The molecule has 90 valence electrons. The first-order chi connectivity index (χ1) is 7.68. The van der Waals surface area contributed by atoms with Crippen LogP contribution >= 0.6 is 23.4 Å². The largest absolute Gasteiger partial charge is 0.316 e. The second-order valence-electron chi connectivity index (χ2n) is 4.26. The van der Waals surface area contributed by atoms with Crippen molar-refractivity contribution in [2.75, 3.05) is 18.8 Å². The Morgan fingerprint density at radius 3 is 2.88 bits per heavy atom. The molecule has 1 aromatic carbocycles. The third-order valence-electron chi connectivity index (χ3n) is 2.12. The Bertz CT molecular complexity index is 302. The Kier molecular flexibility index (Phi) is 6.93. The van der Waals surface area contributed by atoms with Gasteiger partial charge in [0.2, 0.25) is 0 Å². The lowest BCUT2D eigenvalue weighted by Gasteiger charge is -2.07. The number of hydrogen-bond acceptors (Lipinski definition) is 2. The molecule has 0 radical (unpaired) electrons. The molecule has 1 N–H and O–H groups in total. The van der Waals surface area contributed by atoms with Gasteiger partial charge in [-0.1, -0.05) is 31.5 Å². The fourth-order valence-electron chi connectivity index (χ4n) is 1.33. The van der Waals surface area contributed by atoms with Crippen molar-refractivity contribution in [3.63, 3.8) is 0 Å². The number of halogens is 1. The molecule has 0 bridgehead atoms. The maximum absolute atomic E-state index is 5.92. The van der Waals surface area contributed by atoms with Gasteiger partial charge in [-0.25, -0.2) is 0 Å². The summed E-state index contributed by atoms with van der Waals surface area (Å²) in [5, 5.41) is 4.27. The van der Waals surface area contributed by atoms with Gasteiger partial charge in [0.15, 0.2) is 0 Å². The van der Waals surface area contributed by atoms with Crippen molar-refractivity contribution in [2.24, 2.45) is 5.92 Å². The van der Waals surface area contributed by atoms with Gasteiger partial charge in [-0.3, -0.25) is 0 Å². The van der Waals surface area contributed by atoms with Gasteiger partial charge in [-0.2, -0.15) is 0 Å². The molecule has 0 aliphatic heterocycles. The third-order valence-corrected chi connectivity index (χ3v) is 3.43. The molecule has 0 aliphatic rings. The van der Waals surface area contributed by atoms with Crippen LogP contribution in [0.4, 0.5) is 0 Å². The highest BCUT2D eigenvalue weighted by Gasteiger charge is 1.96. The zero-order valence-corrected chi connectivity index (χ0v) is 11.6. The normalized spacial score (nSPS) is 11.0. The lowest BCUT2D eigenvalue weighted by atomic mass is 10.2. The summed E-state index contributed by atoms with van der Waals surface area (Å²) in [5.41, 5.74) is 0. The number of rotatable bonds is 7. The molecule has 0 spiro atoms. The first kappa shape index (κ1) is 13.9. The van der Waals surface area contributed by atoms with Crippen LogP contribution in [0.1, 0.15) is 20.3 Å². The van der Waals surface area contributed by atoms with Gasteiger partial charge < -0.3 is 5.32 Å². The summed E-state index contributed by atoms with van der Waals surface area (Å²) in [5.74, 6) is 1.88. The van der Waals surface area contributed by atoms with Crippen molar-refractivity contribution in [3.8, 4) is 0 Å². The molecule has 0 saturated heterocycles. The van der Waals surface area contributed by atoms with Crippen molar-refractivity contribution in [1.29, 1.82) is 0 Å². The fourth-order valence-corrected chi connectivity index (χ4v) is 2.50. The van der Waals surface area contributed by atoms with Crippen molar-refractivity contribution < 1.29 is 0 Å². The average Bonchev–Trinajstić information content (AvgIpc) is 2.23. The van der Waals surface area contributed by atoms with Crippen LogP contribution in [0, 0.1) is 5.92 Å². The van der Waals surface area contributed by atoms with Gasteiger partial charge >= 0.3 is 0 Å². The molecule has 1 rings (SSSR count). The SMILES string of the molecule is CC(C)CNCCCSc1cccc(Cl)c1. The molecule has 0 atom stereocenters. The maximum atomic E-state index is 5.92. The van der Waals surface area contributed by atoms with Gasteiger partial charge in [-0.05, 0) is 49.4 Å². The van der Waals surface area contributed by atoms with Crippen LogP contribution in [0.2, 0.25) is 5.02 Å². The van der Waals surface area contributed by atoms with Crippen LogP contribution in [0.3, 0.4) is 0 Å². The van der Waals surface area contributed by atoms with E-state index in [0.717, 1.165) is 29.8 Å². The fraction of sp³-hybridized carbons (Fsp3) is 0.538. The molecule has 0 unspecified atom stereocenters. The summed E-state index contributed by atoms with van der Waals surface area (Å²) in [4.78, 5) is 1.26. The summed E-state index contributed by atoms with van der Waals surface area (Å²) in [6.45, 7) is 6.68. The van der Waals surface area contributed by atoms with E-state index in [2.05, 4.69) is 25.2 Å². The van der Waals surface area contributed by atoms with E-state index in [1.807, 2.05) is 30.0 Å². The Morgan fingerprint density at radius 1 is 1.38 bits per heavy atom. The molecular weight excluding hydrogens is 238 g/mol. The molecule has 16 heavy (non-hydrogen) atoms. The second kappa shape index (κ2) is 7.99. The first-order valence-electron chi connectivity index (χ1n) is 5.77. The van der Waals surface area contributed by atoms with Crippen LogP contribution in [-0.4, -0.2) is 18.8 Å². The lowest BCUT2D eigenvalue weighted by molar-refractivity contribution is 0.552. The minimum Gasteiger partial charge on any atom is -0.316 e. The van der Waals surface area contributed by atoms with Crippen LogP contribution in [0.25, 0.3) is 0 Å². The molecular formula is C13H20ClNS. The molecule has 0 heterocycles. The lowest BCUT2D eigenvalue weighted by Crippen LogP contribution is -2.21. The van der Waals surface area contributed by atoms with E-state index in [4.69, 9.17) is 11.6 Å². The topological polar surface area (TPSA) is 12.0 Å². The van der Waals surface area contributed by atoms with Crippen molar-refractivity contribution in [3.05, 3.63) is 29.3 Å². The Balaban J connectivity index is 2.07. The Labute approximate surface area is 108 Å². The van der Waals surface area contributed by atoms with Crippen molar-refractivity contribution >= 4 is 23.4 Å². The third kappa shape index (κ3) is 6.41. The van der Waals surface area contributed by atoms with Gasteiger partial charge in [0, 0.05) is 9.92 Å². The Morgan fingerprint density at radius 2 is 2.19 bits per heavy atom. The van der Waals surface area contributed by atoms with Crippen LogP contribution < -0.4 is 5.32 Å². The monoisotopic (exact) mass is 257 g/mol.